The minimum absolute atomic E-state index is 0.0601. The maximum Gasteiger partial charge on any atom is 0.326 e. The van der Waals surface area contributed by atoms with Crippen molar-refractivity contribution in [3.63, 3.8) is 0 Å². The van der Waals surface area contributed by atoms with Crippen LogP contribution in [0.2, 0.25) is 0 Å². The average molecular weight is 1150 g/mol. The van der Waals surface area contributed by atoms with Crippen LogP contribution >= 0.6 is 0 Å². The summed E-state index contributed by atoms with van der Waals surface area (Å²) in [4.78, 5) is 133. The fourth-order valence-corrected chi connectivity index (χ4v) is 7.43. The van der Waals surface area contributed by atoms with Crippen molar-refractivity contribution in [3.05, 3.63) is 42.0 Å². The van der Waals surface area contributed by atoms with Crippen molar-refractivity contribution in [1.29, 1.82) is 0 Å². The largest absolute Gasteiger partial charge is 0.491 e. The van der Waals surface area contributed by atoms with Crippen molar-refractivity contribution in [2.24, 2.45) is 0 Å². The van der Waals surface area contributed by atoms with Gasteiger partial charge in [-0.05, 0) is 95.2 Å². The number of amides is 10. The highest BCUT2D eigenvalue weighted by atomic mass is 16.6. The van der Waals surface area contributed by atoms with E-state index in [-0.39, 0.29) is 128 Å². The Morgan fingerprint density at radius 3 is 1.53 bits per heavy atom. The number of carboxylic acid groups (broad SMARTS) is 1. The number of nitrogens with zero attached hydrogens (tertiary/aromatic N) is 4. The Kier molecular flexibility index (Phi) is 36.9. The van der Waals surface area contributed by atoms with E-state index < -0.39 is 59.9 Å². The van der Waals surface area contributed by atoms with Gasteiger partial charge in [0.15, 0.2) is 0 Å². The summed E-state index contributed by atoms with van der Waals surface area (Å²) in [7, 11) is 0. The highest BCUT2D eigenvalue weighted by Crippen LogP contribution is 2.14. The van der Waals surface area contributed by atoms with Crippen LogP contribution in [0, 0.1) is 0 Å². The predicted molar refractivity (Wildman–Crippen MR) is 286 cm³/mol. The van der Waals surface area contributed by atoms with Crippen LogP contribution in [0.1, 0.15) is 126 Å². The van der Waals surface area contributed by atoms with Crippen LogP contribution in [-0.2, 0) is 62.2 Å². The van der Waals surface area contributed by atoms with Gasteiger partial charge in [0.25, 0.3) is 17.7 Å². The molecule has 0 aromatic heterocycles. The Morgan fingerprint density at radius 2 is 1.02 bits per heavy atom. The first-order chi connectivity index (χ1) is 38.9. The van der Waals surface area contributed by atoms with Crippen molar-refractivity contribution >= 4 is 65.0 Å². The third-order valence-corrected chi connectivity index (χ3v) is 12.1. The smallest absolute Gasteiger partial charge is 0.326 e. The average Bonchev–Trinajstić information content (AvgIpc) is 3.78. The van der Waals surface area contributed by atoms with Crippen LogP contribution in [0.5, 0.6) is 5.75 Å². The summed E-state index contributed by atoms with van der Waals surface area (Å²) in [6.07, 6.45) is 8.00. The van der Waals surface area contributed by atoms with E-state index >= 15 is 0 Å². The molecule has 1 aliphatic rings. The first-order valence-electron chi connectivity index (χ1n) is 27.4. The zero-order valence-corrected chi connectivity index (χ0v) is 46.4. The molecule has 0 saturated heterocycles. The molecule has 1 aliphatic heterocycles. The summed E-state index contributed by atoms with van der Waals surface area (Å²) in [6.45, 7) is 4.14. The second-order valence-electron chi connectivity index (χ2n) is 18.7. The molecule has 10 amide bonds. The Bertz CT molecular complexity index is 2170. The number of benzene rings is 1. The van der Waals surface area contributed by atoms with E-state index in [2.05, 4.69) is 26.6 Å². The van der Waals surface area contributed by atoms with Gasteiger partial charge in [-0.1, -0.05) is 6.07 Å². The SMILES string of the molecule is CC(=O)N(O)CCCCCNC(=O)CCC(=O)N(O)CCCCCNC(=O)CCC(=O)N(O)CCCCCNC(=O)CCOCCOCCOCCOc1cccc(C(=O)NCC(=O)NC(CCCCN2C(=O)C=CC2=O)C(=O)O)c1. The molecule has 1 unspecified atom stereocenters. The molecule has 0 bridgehead atoms. The summed E-state index contributed by atoms with van der Waals surface area (Å²) in [5, 5.41) is 53.7. The van der Waals surface area contributed by atoms with Crippen LogP contribution in [0.25, 0.3) is 0 Å². The molecule has 1 aromatic rings. The van der Waals surface area contributed by atoms with Crippen LogP contribution in [-0.4, -0.2) is 211 Å². The number of hydrogen-bond acceptors (Lipinski definition) is 18. The Morgan fingerprint density at radius 1 is 0.543 bits per heavy atom. The van der Waals surface area contributed by atoms with Crippen molar-refractivity contribution in [3.8, 4) is 5.75 Å². The number of carbonyl (C=O) groups excluding carboxylic acids is 10. The van der Waals surface area contributed by atoms with Gasteiger partial charge in [-0.15, -0.1) is 0 Å². The Hall–Kier alpha value is -7.11. The minimum atomic E-state index is -1.26. The molecular formula is C53H83N9O19. The normalized spacial score (nSPS) is 12.1. The van der Waals surface area contributed by atoms with Crippen LogP contribution in [0.15, 0.2) is 36.4 Å². The first-order valence-corrected chi connectivity index (χ1v) is 27.4. The quantitative estimate of drug-likeness (QED) is 0.0190. The van der Waals surface area contributed by atoms with Gasteiger partial charge in [-0.2, -0.15) is 0 Å². The molecule has 28 heteroatoms. The molecule has 0 fully saturated rings. The van der Waals surface area contributed by atoms with Gasteiger partial charge < -0.3 is 50.6 Å². The number of rotatable bonds is 47. The summed E-state index contributed by atoms with van der Waals surface area (Å²) >= 11 is 0. The maximum atomic E-state index is 12.7. The van der Waals surface area contributed by atoms with E-state index in [0.29, 0.717) is 118 Å². The summed E-state index contributed by atoms with van der Waals surface area (Å²) in [5.41, 5.74) is 0.212. The van der Waals surface area contributed by atoms with E-state index in [1.165, 1.54) is 19.1 Å². The second-order valence-corrected chi connectivity index (χ2v) is 18.7. The number of hydrogen-bond donors (Lipinski definition) is 9. The topological polar surface area (TPSA) is 379 Å². The van der Waals surface area contributed by atoms with E-state index in [4.69, 9.17) is 18.9 Å². The second kappa shape index (κ2) is 42.7. The van der Waals surface area contributed by atoms with Gasteiger partial charge >= 0.3 is 5.97 Å². The number of ether oxygens (including phenoxy) is 4. The summed E-state index contributed by atoms with van der Waals surface area (Å²) < 4.78 is 22.1. The van der Waals surface area contributed by atoms with Crippen molar-refractivity contribution in [2.75, 3.05) is 98.6 Å². The van der Waals surface area contributed by atoms with Gasteiger partial charge in [-0.25, -0.2) is 20.0 Å². The lowest BCUT2D eigenvalue weighted by molar-refractivity contribution is -0.166. The van der Waals surface area contributed by atoms with E-state index in [1.54, 1.807) is 12.1 Å². The van der Waals surface area contributed by atoms with Crippen LogP contribution in [0.3, 0.4) is 0 Å². The third kappa shape index (κ3) is 33.9. The molecule has 9 N–H and O–H groups in total. The molecule has 0 aliphatic carbocycles. The number of nitrogens with one attached hydrogen (secondary N) is 5. The van der Waals surface area contributed by atoms with Crippen LogP contribution < -0.4 is 31.3 Å². The first kappa shape index (κ1) is 70.0. The number of aliphatic carboxylic acids is 1. The molecule has 81 heavy (non-hydrogen) atoms. The highest BCUT2D eigenvalue weighted by Gasteiger charge is 2.24. The summed E-state index contributed by atoms with van der Waals surface area (Å²) in [5.74, 6) is -5.49. The molecule has 454 valence electrons. The lowest BCUT2D eigenvalue weighted by Gasteiger charge is -2.16. The zero-order chi connectivity index (χ0) is 59.6. The van der Waals surface area contributed by atoms with E-state index in [0.717, 1.165) is 17.1 Å². The standard InChI is InChI=1S/C53H83N9O19/c1-40(63)60(75)28-9-2-6-24-54-44(64)17-19-50(70)61(76)29-10-3-7-25-55-45(65)18-20-51(71)62(77)30-11-4-8-26-56-46(66)23-31-78-32-33-79-34-35-80-36-37-81-42-15-13-14-41(38-42)52(72)57-39-47(67)58-43(53(73)74)16-5-12-27-59-48(68)21-22-49(59)69/h13-15,21-22,38,43,75-77H,2-12,16-20,23-37,39H2,1H3,(H,54,64)(H,55,65)(H,56,66)(H,57,72)(H,58,67)(H,73,74). The van der Waals surface area contributed by atoms with Gasteiger partial charge in [0, 0.05) is 103 Å². The lowest BCUT2D eigenvalue weighted by Crippen LogP contribution is -2.45. The number of hydroxylamine groups is 6. The fourth-order valence-electron chi connectivity index (χ4n) is 7.43. The van der Waals surface area contributed by atoms with Gasteiger partial charge in [0.05, 0.1) is 46.2 Å². The Balaban J connectivity index is 1.38. The fraction of sp³-hybridized carbons (Fsp3) is 0.642. The maximum absolute atomic E-state index is 12.7. The van der Waals surface area contributed by atoms with Gasteiger partial charge in [0.2, 0.25) is 41.4 Å². The molecule has 0 saturated carbocycles. The summed E-state index contributed by atoms with van der Waals surface area (Å²) in [6, 6.07) is 5.02. The molecular weight excluding hydrogens is 1070 g/mol. The lowest BCUT2D eigenvalue weighted by atomic mass is 10.1. The van der Waals surface area contributed by atoms with Gasteiger partial charge in [-0.3, -0.25) is 68.5 Å². The monoisotopic (exact) mass is 1150 g/mol. The highest BCUT2D eigenvalue weighted by molar-refractivity contribution is 6.12. The van der Waals surface area contributed by atoms with Crippen molar-refractivity contribution < 1.29 is 92.4 Å². The number of unbranched alkanes of at least 4 members (excludes halogenated alkanes) is 7. The van der Waals surface area contributed by atoms with Crippen LogP contribution in [0.4, 0.5) is 0 Å². The predicted octanol–water partition coefficient (Wildman–Crippen LogP) is 0.993. The third-order valence-electron chi connectivity index (χ3n) is 12.1. The molecule has 1 atom stereocenters. The minimum Gasteiger partial charge on any atom is -0.491 e. The number of carbonyl (C=O) groups is 11. The molecule has 1 heterocycles. The molecule has 0 spiro atoms. The van der Waals surface area contributed by atoms with Crippen molar-refractivity contribution in [2.45, 2.75) is 122 Å². The number of imide groups is 1. The molecule has 1 aromatic carbocycles. The van der Waals surface area contributed by atoms with Gasteiger partial charge in [0.1, 0.15) is 18.4 Å². The molecule has 0 radical (unpaired) electrons. The van der Waals surface area contributed by atoms with Crippen molar-refractivity contribution in [1.82, 2.24) is 46.7 Å². The molecule has 28 nitrogen and oxygen atoms in total. The van der Waals surface area contributed by atoms with E-state index in [9.17, 15) is 73.5 Å². The zero-order valence-electron chi connectivity index (χ0n) is 46.4. The molecule has 2 rings (SSSR count). The number of carboxylic acids is 1. The van der Waals surface area contributed by atoms with E-state index in [1.807, 2.05) is 0 Å². The Labute approximate surface area is 471 Å².